The highest BCUT2D eigenvalue weighted by Crippen LogP contribution is 2.31. The van der Waals surface area contributed by atoms with Crippen molar-refractivity contribution in [2.75, 3.05) is 6.54 Å². The maximum atomic E-state index is 13.4. The second kappa shape index (κ2) is 10.1. The number of aryl methyl sites for hydroxylation is 1. The summed E-state index contributed by atoms with van der Waals surface area (Å²) in [6.07, 6.45) is 0.957. The van der Waals surface area contributed by atoms with Crippen molar-refractivity contribution in [1.82, 2.24) is 20.4 Å². The van der Waals surface area contributed by atoms with Crippen LogP contribution in [0.2, 0.25) is 0 Å². The van der Waals surface area contributed by atoms with Gasteiger partial charge in [0, 0.05) is 19.0 Å². The van der Waals surface area contributed by atoms with E-state index in [4.69, 9.17) is 4.52 Å². The molecule has 4 rings (SSSR count). The topological polar surface area (TPSA) is 109 Å². The fraction of sp³-hybridized carbons (Fsp3) is 0.440. The molecular weight excluding hydrogens is 452 g/mol. The normalized spacial score (nSPS) is 19.9. The van der Waals surface area contributed by atoms with Crippen LogP contribution in [0, 0.1) is 12.8 Å². The smallest absolute Gasteiger partial charge is 0.243 e. The van der Waals surface area contributed by atoms with E-state index >= 15 is 0 Å². The van der Waals surface area contributed by atoms with Crippen LogP contribution in [-0.4, -0.2) is 50.7 Å². The zero-order chi connectivity index (χ0) is 24.4. The van der Waals surface area contributed by atoms with Crippen LogP contribution in [0.5, 0.6) is 0 Å². The van der Waals surface area contributed by atoms with Crippen molar-refractivity contribution in [2.45, 2.75) is 58.2 Å². The van der Waals surface area contributed by atoms with Gasteiger partial charge in [0.05, 0.1) is 34.4 Å². The summed E-state index contributed by atoms with van der Waals surface area (Å²) in [5.41, 5.74) is 4.87. The Labute approximate surface area is 203 Å². The lowest BCUT2D eigenvalue weighted by Gasteiger charge is -2.29. The Morgan fingerprint density at radius 2 is 1.94 bits per heavy atom. The average Bonchev–Trinajstić information content (AvgIpc) is 3.55. The van der Waals surface area contributed by atoms with Gasteiger partial charge in [-0.25, -0.2) is 4.98 Å². The molecule has 0 saturated carbocycles. The highest BCUT2D eigenvalue weighted by molar-refractivity contribution is 7.13. The number of amides is 2. The summed E-state index contributed by atoms with van der Waals surface area (Å²) in [6.45, 7) is 7.86. The molecule has 1 saturated heterocycles. The van der Waals surface area contributed by atoms with Gasteiger partial charge in [0.1, 0.15) is 17.7 Å². The maximum absolute atomic E-state index is 13.4. The van der Waals surface area contributed by atoms with Crippen LogP contribution in [0.4, 0.5) is 0 Å². The standard InChI is InChI=1S/C25H30N4O4S/c1-14(2)22(21-9-10-27-33-21)25(32)29-12-19(30)11-20(29)24(31)28-15(3)17-5-7-18(8-6-17)23-16(4)26-13-34-23/h5-10,13-15,19-20,22,30H,11-12H2,1-4H3,(H,28,31)/t15-,19+,20-,22+/m0/s1. The van der Waals surface area contributed by atoms with Crippen LogP contribution in [0.25, 0.3) is 10.4 Å². The number of nitrogens with zero attached hydrogens (tertiary/aromatic N) is 3. The first-order valence-corrected chi connectivity index (χ1v) is 12.3. The van der Waals surface area contributed by atoms with Crippen LogP contribution in [0.1, 0.15) is 56.2 Å². The molecule has 1 aliphatic heterocycles. The third-order valence-corrected chi connectivity index (χ3v) is 7.32. The molecule has 8 nitrogen and oxygen atoms in total. The Hall–Kier alpha value is -3.04. The Morgan fingerprint density at radius 1 is 1.21 bits per heavy atom. The average molecular weight is 483 g/mol. The molecule has 1 fully saturated rings. The molecule has 1 aromatic carbocycles. The number of nitrogens with one attached hydrogen (secondary N) is 1. The molecule has 0 bridgehead atoms. The zero-order valence-corrected chi connectivity index (χ0v) is 20.6. The van der Waals surface area contributed by atoms with Crippen molar-refractivity contribution >= 4 is 23.2 Å². The second-order valence-corrected chi connectivity index (χ2v) is 10.0. The first-order chi connectivity index (χ1) is 16.3. The summed E-state index contributed by atoms with van der Waals surface area (Å²) in [6, 6.07) is 8.71. The minimum Gasteiger partial charge on any atom is -0.391 e. The van der Waals surface area contributed by atoms with E-state index in [1.165, 1.54) is 11.1 Å². The molecule has 0 aliphatic carbocycles. The van der Waals surface area contributed by atoms with Crippen LogP contribution >= 0.6 is 11.3 Å². The third-order valence-electron chi connectivity index (χ3n) is 6.34. The number of carbonyl (C=O) groups is 2. The largest absolute Gasteiger partial charge is 0.391 e. The molecule has 3 aromatic rings. The lowest BCUT2D eigenvalue weighted by atomic mass is 9.91. The van der Waals surface area contributed by atoms with E-state index in [1.54, 1.807) is 17.4 Å². The summed E-state index contributed by atoms with van der Waals surface area (Å²) in [5.74, 6) is -0.671. The Bertz CT molecular complexity index is 1130. The van der Waals surface area contributed by atoms with E-state index in [1.807, 2.05) is 57.5 Å². The van der Waals surface area contributed by atoms with E-state index in [0.29, 0.717) is 5.76 Å². The SMILES string of the molecule is Cc1ncsc1-c1ccc([C@H](C)NC(=O)[C@@H]2C[C@@H](O)CN2C(=O)[C@@H](c2ccno2)C(C)C)cc1. The molecule has 2 N–H and O–H groups in total. The molecule has 9 heteroatoms. The predicted molar refractivity (Wildman–Crippen MR) is 129 cm³/mol. The molecule has 34 heavy (non-hydrogen) atoms. The zero-order valence-electron chi connectivity index (χ0n) is 19.8. The number of thiazole rings is 1. The minimum absolute atomic E-state index is 0.0541. The van der Waals surface area contributed by atoms with E-state index in [0.717, 1.165) is 21.7 Å². The van der Waals surface area contributed by atoms with Crippen molar-refractivity contribution in [3.05, 3.63) is 59.1 Å². The number of aliphatic hydroxyl groups is 1. The van der Waals surface area contributed by atoms with E-state index < -0.39 is 18.1 Å². The van der Waals surface area contributed by atoms with Gasteiger partial charge in [-0.15, -0.1) is 11.3 Å². The summed E-state index contributed by atoms with van der Waals surface area (Å²) in [7, 11) is 0. The van der Waals surface area contributed by atoms with Crippen LogP contribution in [-0.2, 0) is 9.59 Å². The fourth-order valence-electron chi connectivity index (χ4n) is 4.50. The Morgan fingerprint density at radius 3 is 2.53 bits per heavy atom. The maximum Gasteiger partial charge on any atom is 0.243 e. The summed E-state index contributed by atoms with van der Waals surface area (Å²) in [5, 5.41) is 17.0. The van der Waals surface area contributed by atoms with Gasteiger partial charge in [0.2, 0.25) is 11.8 Å². The summed E-state index contributed by atoms with van der Waals surface area (Å²) >= 11 is 1.60. The monoisotopic (exact) mass is 482 g/mol. The van der Waals surface area contributed by atoms with Gasteiger partial charge in [-0.05, 0) is 30.9 Å². The lowest BCUT2D eigenvalue weighted by molar-refractivity contribution is -0.141. The molecule has 0 unspecified atom stereocenters. The number of aromatic nitrogens is 2. The highest BCUT2D eigenvalue weighted by atomic mass is 32.1. The van der Waals surface area contributed by atoms with Crippen molar-refractivity contribution in [3.8, 4) is 10.4 Å². The molecule has 0 spiro atoms. The Balaban J connectivity index is 1.47. The van der Waals surface area contributed by atoms with Crippen molar-refractivity contribution in [3.63, 3.8) is 0 Å². The van der Waals surface area contributed by atoms with Gasteiger partial charge in [0.25, 0.3) is 0 Å². The summed E-state index contributed by atoms with van der Waals surface area (Å²) < 4.78 is 5.26. The van der Waals surface area contributed by atoms with Crippen LogP contribution in [0.3, 0.4) is 0 Å². The highest BCUT2D eigenvalue weighted by Gasteiger charge is 2.43. The fourth-order valence-corrected chi connectivity index (χ4v) is 5.31. The van der Waals surface area contributed by atoms with E-state index in [-0.39, 0.29) is 36.7 Å². The number of likely N-dealkylation sites (tertiary alicyclic amines) is 1. The predicted octanol–water partition coefficient (Wildman–Crippen LogP) is 3.69. The quantitative estimate of drug-likeness (QED) is 0.532. The number of benzene rings is 1. The molecule has 2 amide bonds. The van der Waals surface area contributed by atoms with E-state index in [2.05, 4.69) is 15.5 Å². The first kappa shape index (κ1) is 24.1. The van der Waals surface area contributed by atoms with E-state index in [9.17, 15) is 14.7 Å². The first-order valence-electron chi connectivity index (χ1n) is 11.5. The number of β-amino-alcohol motifs (C(OH)–C–C–N with tert-alkyl or cyclic N) is 1. The number of rotatable bonds is 7. The molecule has 0 radical (unpaired) electrons. The van der Waals surface area contributed by atoms with Gasteiger partial charge < -0.3 is 19.8 Å². The van der Waals surface area contributed by atoms with Crippen molar-refractivity contribution < 1.29 is 19.2 Å². The number of aliphatic hydroxyl groups excluding tert-OH is 1. The molecule has 1 aliphatic rings. The minimum atomic E-state index is -0.750. The summed E-state index contributed by atoms with van der Waals surface area (Å²) in [4.78, 5) is 33.5. The second-order valence-electron chi connectivity index (χ2n) is 9.15. The van der Waals surface area contributed by atoms with Gasteiger partial charge in [-0.3, -0.25) is 9.59 Å². The van der Waals surface area contributed by atoms with Gasteiger partial charge in [-0.1, -0.05) is 43.3 Å². The number of hydrogen-bond acceptors (Lipinski definition) is 7. The van der Waals surface area contributed by atoms with Gasteiger partial charge in [0.15, 0.2) is 0 Å². The molecule has 180 valence electrons. The molecule has 2 aromatic heterocycles. The van der Waals surface area contributed by atoms with Gasteiger partial charge in [-0.2, -0.15) is 0 Å². The Kier molecular flexibility index (Phi) is 7.13. The van der Waals surface area contributed by atoms with Crippen LogP contribution < -0.4 is 5.32 Å². The number of hydrogen-bond donors (Lipinski definition) is 2. The van der Waals surface area contributed by atoms with Crippen LogP contribution in [0.15, 0.2) is 46.6 Å². The number of carbonyl (C=O) groups excluding carboxylic acids is 2. The van der Waals surface area contributed by atoms with Crippen molar-refractivity contribution in [1.29, 1.82) is 0 Å². The third kappa shape index (κ3) is 4.90. The molecular formula is C25H30N4O4S. The molecule has 3 heterocycles. The lowest BCUT2D eigenvalue weighted by Crippen LogP contribution is -2.48. The molecule has 4 atom stereocenters. The van der Waals surface area contributed by atoms with Crippen molar-refractivity contribution in [2.24, 2.45) is 5.92 Å². The van der Waals surface area contributed by atoms with Gasteiger partial charge >= 0.3 is 0 Å².